The first-order chi connectivity index (χ1) is 8.06. The minimum absolute atomic E-state index is 0.00224. The molecule has 6 heteroatoms. The summed E-state index contributed by atoms with van der Waals surface area (Å²) >= 11 is 4.71. The standard InChI is InChI=1S/C11H12FN3OS/c12-9-3-6(1-2-8(9)11(13)17)15-7-4-10(16)14-5-7/h1-3,7,15H,4-5H2,(H2,13,17)(H,14,16). The van der Waals surface area contributed by atoms with Crippen LogP contribution in [-0.4, -0.2) is 23.5 Å². The first-order valence-electron chi connectivity index (χ1n) is 5.19. The van der Waals surface area contributed by atoms with Gasteiger partial charge in [0, 0.05) is 24.2 Å². The molecule has 1 aromatic rings. The van der Waals surface area contributed by atoms with Crippen LogP contribution in [0.2, 0.25) is 0 Å². The second kappa shape index (κ2) is 4.67. The van der Waals surface area contributed by atoms with Crippen molar-refractivity contribution in [2.75, 3.05) is 11.9 Å². The van der Waals surface area contributed by atoms with Crippen LogP contribution in [0.25, 0.3) is 0 Å². The second-order valence-electron chi connectivity index (χ2n) is 3.91. The zero-order valence-electron chi connectivity index (χ0n) is 9.00. The van der Waals surface area contributed by atoms with Crippen molar-refractivity contribution in [2.45, 2.75) is 12.5 Å². The molecule has 1 amide bonds. The van der Waals surface area contributed by atoms with Gasteiger partial charge in [-0.3, -0.25) is 4.79 Å². The summed E-state index contributed by atoms with van der Waals surface area (Å²) < 4.78 is 13.6. The molecular weight excluding hydrogens is 241 g/mol. The van der Waals surface area contributed by atoms with E-state index in [1.165, 1.54) is 12.1 Å². The molecule has 1 fully saturated rings. The molecule has 1 aliphatic heterocycles. The van der Waals surface area contributed by atoms with Crippen LogP contribution in [0, 0.1) is 5.82 Å². The molecule has 4 N–H and O–H groups in total. The number of nitrogens with two attached hydrogens (primary N) is 1. The number of hydrogen-bond acceptors (Lipinski definition) is 3. The summed E-state index contributed by atoms with van der Waals surface area (Å²) in [4.78, 5) is 11.0. The zero-order valence-corrected chi connectivity index (χ0v) is 9.81. The molecule has 1 aliphatic rings. The summed E-state index contributed by atoms with van der Waals surface area (Å²) in [5.41, 5.74) is 6.21. The van der Waals surface area contributed by atoms with Crippen molar-refractivity contribution in [3.05, 3.63) is 29.6 Å². The van der Waals surface area contributed by atoms with E-state index >= 15 is 0 Å². The molecular formula is C11H12FN3OS. The summed E-state index contributed by atoms with van der Waals surface area (Å²) in [6, 6.07) is 4.56. The molecule has 17 heavy (non-hydrogen) atoms. The van der Waals surface area contributed by atoms with Gasteiger partial charge in [0.15, 0.2) is 0 Å². The normalized spacial score (nSPS) is 18.9. The Labute approximate surface area is 103 Å². The van der Waals surface area contributed by atoms with Crippen LogP contribution >= 0.6 is 12.2 Å². The van der Waals surface area contributed by atoms with Crippen molar-refractivity contribution in [1.82, 2.24) is 5.32 Å². The SMILES string of the molecule is NC(=S)c1ccc(NC2CNC(=O)C2)cc1F. The van der Waals surface area contributed by atoms with Gasteiger partial charge in [0.25, 0.3) is 0 Å². The van der Waals surface area contributed by atoms with Gasteiger partial charge in [-0.05, 0) is 18.2 Å². The molecule has 0 radical (unpaired) electrons. The Hall–Kier alpha value is -1.69. The molecule has 1 aromatic carbocycles. The Morgan fingerprint density at radius 1 is 1.59 bits per heavy atom. The third-order valence-electron chi connectivity index (χ3n) is 2.58. The van der Waals surface area contributed by atoms with Crippen molar-refractivity contribution in [2.24, 2.45) is 5.73 Å². The van der Waals surface area contributed by atoms with Gasteiger partial charge >= 0.3 is 0 Å². The maximum atomic E-state index is 13.6. The minimum Gasteiger partial charge on any atom is -0.389 e. The molecule has 1 saturated heterocycles. The lowest BCUT2D eigenvalue weighted by Gasteiger charge is -2.12. The molecule has 1 atom stereocenters. The van der Waals surface area contributed by atoms with Crippen LogP contribution in [0.15, 0.2) is 18.2 Å². The second-order valence-corrected chi connectivity index (χ2v) is 4.35. The molecule has 0 saturated carbocycles. The van der Waals surface area contributed by atoms with Gasteiger partial charge < -0.3 is 16.4 Å². The summed E-state index contributed by atoms with van der Waals surface area (Å²) in [5.74, 6) is -0.456. The third-order valence-corrected chi connectivity index (χ3v) is 2.80. The van der Waals surface area contributed by atoms with Crippen LogP contribution in [0.5, 0.6) is 0 Å². The van der Waals surface area contributed by atoms with Crippen molar-refractivity contribution < 1.29 is 9.18 Å². The number of benzene rings is 1. The summed E-state index contributed by atoms with van der Waals surface area (Å²) in [5, 5.41) is 5.77. The van der Waals surface area contributed by atoms with Crippen molar-refractivity contribution >= 4 is 28.8 Å². The van der Waals surface area contributed by atoms with Crippen LogP contribution in [-0.2, 0) is 4.79 Å². The van der Waals surface area contributed by atoms with Crippen molar-refractivity contribution in [3.63, 3.8) is 0 Å². The number of carbonyl (C=O) groups is 1. The maximum Gasteiger partial charge on any atom is 0.222 e. The van der Waals surface area contributed by atoms with E-state index in [1.807, 2.05) is 0 Å². The third kappa shape index (κ3) is 2.71. The molecule has 0 aromatic heterocycles. The lowest BCUT2D eigenvalue weighted by atomic mass is 10.1. The number of rotatable bonds is 3. The highest BCUT2D eigenvalue weighted by Gasteiger charge is 2.21. The highest BCUT2D eigenvalue weighted by Crippen LogP contribution is 2.17. The fraction of sp³-hybridized carbons (Fsp3) is 0.273. The molecule has 2 rings (SSSR count). The van der Waals surface area contributed by atoms with Crippen LogP contribution < -0.4 is 16.4 Å². The van der Waals surface area contributed by atoms with E-state index in [2.05, 4.69) is 10.6 Å². The Morgan fingerprint density at radius 2 is 2.35 bits per heavy atom. The van der Waals surface area contributed by atoms with Gasteiger partial charge in [-0.15, -0.1) is 0 Å². The zero-order chi connectivity index (χ0) is 12.4. The largest absolute Gasteiger partial charge is 0.389 e. The first kappa shape index (κ1) is 11.8. The molecule has 90 valence electrons. The number of nitrogens with one attached hydrogen (secondary N) is 2. The van der Waals surface area contributed by atoms with E-state index in [0.29, 0.717) is 18.7 Å². The smallest absolute Gasteiger partial charge is 0.222 e. The van der Waals surface area contributed by atoms with Crippen LogP contribution in [0.3, 0.4) is 0 Å². The predicted octanol–water partition coefficient (Wildman–Crippen LogP) is 0.760. The Kier molecular flexibility index (Phi) is 3.23. The molecule has 4 nitrogen and oxygen atoms in total. The average molecular weight is 253 g/mol. The van der Waals surface area contributed by atoms with Gasteiger partial charge in [0.2, 0.25) is 5.91 Å². The summed E-state index contributed by atoms with van der Waals surface area (Å²) in [6.45, 7) is 0.553. The number of anilines is 1. The topological polar surface area (TPSA) is 67.2 Å². The minimum atomic E-state index is -0.459. The summed E-state index contributed by atoms with van der Waals surface area (Å²) in [6.07, 6.45) is 0.401. The number of hydrogen-bond donors (Lipinski definition) is 3. The Morgan fingerprint density at radius 3 is 2.88 bits per heavy atom. The maximum absolute atomic E-state index is 13.6. The number of amides is 1. The molecule has 0 aliphatic carbocycles. The van der Waals surface area contributed by atoms with Crippen molar-refractivity contribution in [1.29, 1.82) is 0 Å². The van der Waals surface area contributed by atoms with E-state index in [-0.39, 0.29) is 22.5 Å². The van der Waals surface area contributed by atoms with Crippen LogP contribution in [0.1, 0.15) is 12.0 Å². The highest BCUT2D eigenvalue weighted by molar-refractivity contribution is 7.80. The van der Waals surface area contributed by atoms with Gasteiger partial charge in [0.1, 0.15) is 10.8 Å². The monoisotopic (exact) mass is 253 g/mol. The number of carbonyl (C=O) groups excluding carboxylic acids is 1. The number of thiocarbonyl (C=S) groups is 1. The van der Waals surface area contributed by atoms with E-state index in [1.54, 1.807) is 6.07 Å². The molecule has 1 heterocycles. The fourth-order valence-corrected chi connectivity index (χ4v) is 1.91. The number of halogens is 1. The van der Waals surface area contributed by atoms with Gasteiger partial charge in [-0.1, -0.05) is 12.2 Å². The average Bonchev–Trinajstić information content (AvgIpc) is 2.63. The Balaban J connectivity index is 2.10. The molecule has 0 spiro atoms. The highest BCUT2D eigenvalue weighted by atomic mass is 32.1. The quantitative estimate of drug-likeness (QED) is 0.696. The van der Waals surface area contributed by atoms with E-state index in [4.69, 9.17) is 18.0 Å². The van der Waals surface area contributed by atoms with Gasteiger partial charge in [-0.2, -0.15) is 0 Å². The lowest BCUT2D eigenvalue weighted by Crippen LogP contribution is -2.22. The lowest BCUT2D eigenvalue weighted by molar-refractivity contribution is -0.119. The fourth-order valence-electron chi connectivity index (χ4n) is 1.75. The predicted molar refractivity (Wildman–Crippen MR) is 67.3 cm³/mol. The van der Waals surface area contributed by atoms with Crippen LogP contribution in [0.4, 0.5) is 10.1 Å². The van der Waals surface area contributed by atoms with Gasteiger partial charge in [0.05, 0.1) is 6.04 Å². The van der Waals surface area contributed by atoms with E-state index in [9.17, 15) is 9.18 Å². The van der Waals surface area contributed by atoms with Crippen molar-refractivity contribution in [3.8, 4) is 0 Å². The molecule has 1 unspecified atom stereocenters. The summed E-state index contributed by atoms with van der Waals surface area (Å²) in [7, 11) is 0. The van der Waals surface area contributed by atoms with E-state index < -0.39 is 5.82 Å². The molecule has 0 bridgehead atoms. The van der Waals surface area contributed by atoms with E-state index in [0.717, 1.165) is 0 Å². The Bertz CT molecular complexity index is 478. The van der Waals surface area contributed by atoms with Gasteiger partial charge in [-0.25, -0.2) is 4.39 Å². The first-order valence-corrected chi connectivity index (χ1v) is 5.59.